The molecule has 6 nitrogen and oxygen atoms in total. The summed E-state index contributed by atoms with van der Waals surface area (Å²) in [6.45, 7) is 0.587. The minimum atomic E-state index is 0.587. The van der Waals surface area contributed by atoms with Crippen molar-refractivity contribution in [3.63, 3.8) is 0 Å². The van der Waals surface area contributed by atoms with E-state index in [1.807, 2.05) is 30.3 Å². The van der Waals surface area contributed by atoms with Gasteiger partial charge in [0.25, 0.3) is 0 Å². The van der Waals surface area contributed by atoms with E-state index in [0.717, 1.165) is 21.6 Å². The monoisotopic (exact) mass is 397 g/mol. The first-order chi connectivity index (χ1) is 9.72. The fourth-order valence-corrected chi connectivity index (χ4v) is 2.36. The van der Waals surface area contributed by atoms with Crippen molar-refractivity contribution in [2.75, 3.05) is 5.32 Å². The number of anilines is 1. The molecule has 0 amide bonds. The summed E-state index contributed by atoms with van der Waals surface area (Å²) in [6, 6.07) is 9.72. The maximum atomic E-state index is 5.51. The molecule has 0 saturated heterocycles. The Labute approximate surface area is 131 Å². The Morgan fingerprint density at radius 3 is 2.85 bits per heavy atom. The second-order valence-corrected chi connectivity index (χ2v) is 5.57. The number of furan rings is 1. The van der Waals surface area contributed by atoms with Crippen LogP contribution in [0.4, 0.5) is 5.69 Å². The minimum absolute atomic E-state index is 0.587. The molecule has 0 atom stereocenters. The molecule has 0 radical (unpaired) electrons. The Morgan fingerprint density at radius 2 is 2.15 bits per heavy atom. The number of nitrogens with one attached hydrogen (secondary N) is 1. The van der Waals surface area contributed by atoms with E-state index < -0.39 is 0 Å². The van der Waals surface area contributed by atoms with E-state index in [0.29, 0.717) is 11.2 Å². The van der Waals surface area contributed by atoms with Crippen LogP contribution in [0, 0.1) is 0 Å². The first kappa shape index (κ1) is 13.3. The molecule has 2 heterocycles. The van der Waals surface area contributed by atoms with E-state index >= 15 is 0 Å². The van der Waals surface area contributed by atoms with Gasteiger partial charge in [-0.15, -0.1) is 5.10 Å². The third-order valence-corrected chi connectivity index (χ3v) is 4.33. The molecule has 1 N–H and O–H groups in total. The summed E-state index contributed by atoms with van der Waals surface area (Å²) >= 11 is 6.70. The van der Waals surface area contributed by atoms with Gasteiger partial charge >= 0.3 is 0 Å². The zero-order chi connectivity index (χ0) is 13.9. The van der Waals surface area contributed by atoms with Gasteiger partial charge in [-0.05, 0) is 66.6 Å². The van der Waals surface area contributed by atoms with Crippen LogP contribution in [0.1, 0.15) is 5.76 Å². The molecule has 20 heavy (non-hydrogen) atoms. The van der Waals surface area contributed by atoms with Gasteiger partial charge in [0, 0.05) is 5.69 Å². The van der Waals surface area contributed by atoms with Crippen molar-refractivity contribution in [3.8, 4) is 5.69 Å². The zero-order valence-electron chi connectivity index (χ0n) is 10.1. The molecule has 0 aliphatic carbocycles. The Balaban J connectivity index is 1.73. The molecule has 8 heteroatoms. The van der Waals surface area contributed by atoms with Crippen LogP contribution < -0.4 is 5.32 Å². The molecule has 2 aromatic heterocycles. The van der Waals surface area contributed by atoms with Gasteiger partial charge in [-0.1, -0.05) is 6.07 Å². The average Bonchev–Trinajstić information content (AvgIpc) is 3.08. The summed E-state index contributed by atoms with van der Waals surface area (Å²) in [6.07, 6.45) is 1.56. The number of benzene rings is 1. The number of tetrazole rings is 1. The molecular weight excluding hydrogens is 390 g/mol. The van der Waals surface area contributed by atoms with Crippen molar-refractivity contribution in [2.45, 2.75) is 6.54 Å². The molecule has 0 unspecified atom stereocenters. The van der Waals surface area contributed by atoms with Crippen LogP contribution in [0.3, 0.4) is 0 Å². The van der Waals surface area contributed by atoms with Crippen LogP contribution >= 0.6 is 31.9 Å². The van der Waals surface area contributed by atoms with Gasteiger partial charge in [-0.2, -0.15) is 0 Å². The largest absolute Gasteiger partial charge is 0.451 e. The number of halogens is 2. The maximum Gasteiger partial charge on any atom is 0.183 e. The lowest BCUT2D eigenvalue weighted by Gasteiger charge is -2.06. The van der Waals surface area contributed by atoms with Gasteiger partial charge in [-0.3, -0.25) is 0 Å². The molecule has 3 aromatic rings. The summed E-state index contributed by atoms with van der Waals surface area (Å²) in [7, 11) is 0. The van der Waals surface area contributed by atoms with Gasteiger partial charge in [0.2, 0.25) is 0 Å². The highest BCUT2D eigenvalue weighted by Gasteiger charge is 2.06. The summed E-state index contributed by atoms with van der Waals surface area (Å²) in [5.74, 6) is 0.830. The van der Waals surface area contributed by atoms with E-state index in [4.69, 9.17) is 4.42 Å². The third kappa shape index (κ3) is 2.91. The standard InChI is InChI=1S/C12H9Br2N5O/c13-11-5-10(20-12(11)14)6-15-8-2-1-3-9(4-8)19-7-16-17-18-19/h1-5,7,15H,6H2. The maximum absolute atomic E-state index is 5.51. The molecule has 0 spiro atoms. The predicted octanol–water partition coefficient (Wildman–Crippen LogP) is 3.39. The Morgan fingerprint density at radius 1 is 1.25 bits per heavy atom. The van der Waals surface area contributed by atoms with E-state index in [1.54, 1.807) is 11.0 Å². The molecule has 102 valence electrons. The van der Waals surface area contributed by atoms with E-state index in [9.17, 15) is 0 Å². The highest BCUT2D eigenvalue weighted by atomic mass is 79.9. The number of nitrogens with zero attached hydrogens (tertiary/aromatic N) is 4. The van der Waals surface area contributed by atoms with Crippen molar-refractivity contribution in [1.82, 2.24) is 20.2 Å². The van der Waals surface area contributed by atoms with Crippen molar-refractivity contribution in [1.29, 1.82) is 0 Å². The number of hydrogen-bond acceptors (Lipinski definition) is 5. The summed E-state index contributed by atoms with van der Waals surface area (Å²) in [5.41, 5.74) is 1.85. The molecule has 0 aliphatic heterocycles. The fourth-order valence-electron chi connectivity index (χ4n) is 1.71. The van der Waals surface area contributed by atoms with Crippen LogP contribution in [0.25, 0.3) is 5.69 Å². The third-order valence-electron chi connectivity index (χ3n) is 2.62. The topological polar surface area (TPSA) is 68.8 Å². The smallest absolute Gasteiger partial charge is 0.183 e. The lowest BCUT2D eigenvalue weighted by Crippen LogP contribution is -2.00. The zero-order valence-corrected chi connectivity index (χ0v) is 13.3. The molecule has 0 saturated carbocycles. The van der Waals surface area contributed by atoms with Gasteiger partial charge in [0.1, 0.15) is 12.1 Å². The fraction of sp³-hybridized carbons (Fsp3) is 0.0833. The summed E-state index contributed by atoms with van der Waals surface area (Å²) in [5, 5.41) is 14.4. The van der Waals surface area contributed by atoms with E-state index in [2.05, 4.69) is 52.7 Å². The molecule has 0 fully saturated rings. The summed E-state index contributed by atoms with van der Waals surface area (Å²) < 4.78 is 8.70. The van der Waals surface area contributed by atoms with Crippen LogP contribution in [-0.4, -0.2) is 20.2 Å². The first-order valence-corrected chi connectivity index (χ1v) is 7.32. The second-order valence-electron chi connectivity index (χ2n) is 3.99. The second kappa shape index (κ2) is 5.76. The SMILES string of the molecule is Brc1cc(CNc2cccc(-n3cnnn3)c2)oc1Br. The van der Waals surface area contributed by atoms with Crippen LogP contribution in [0.15, 0.2) is 50.2 Å². The molecule has 3 rings (SSSR count). The van der Waals surface area contributed by atoms with Crippen molar-refractivity contribution >= 4 is 37.5 Å². The van der Waals surface area contributed by atoms with Crippen molar-refractivity contribution in [3.05, 3.63) is 51.6 Å². The van der Waals surface area contributed by atoms with Crippen LogP contribution in [-0.2, 0) is 6.54 Å². The van der Waals surface area contributed by atoms with E-state index in [-0.39, 0.29) is 0 Å². The number of aromatic nitrogens is 4. The Hall–Kier alpha value is -1.67. The van der Waals surface area contributed by atoms with Crippen molar-refractivity contribution < 1.29 is 4.42 Å². The van der Waals surface area contributed by atoms with Gasteiger partial charge in [-0.25, -0.2) is 4.68 Å². The lowest BCUT2D eigenvalue weighted by molar-refractivity contribution is 0.494. The van der Waals surface area contributed by atoms with Crippen LogP contribution in [0.2, 0.25) is 0 Å². The predicted molar refractivity (Wildman–Crippen MR) is 80.6 cm³/mol. The highest BCUT2D eigenvalue weighted by molar-refractivity contribution is 9.13. The highest BCUT2D eigenvalue weighted by Crippen LogP contribution is 2.27. The van der Waals surface area contributed by atoms with E-state index in [1.165, 1.54) is 0 Å². The van der Waals surface area contributed by atoms with Gasteiger partial charge in [0.05, 0.1) is 16.7 Å². The Kier molecular flexibility index (Phi) is 3.83. The molecule has 1 aromatic carbocycles. The lowest BCUT2D eigenvalue weighted by atomic mass is 10.2. The number of rotatable bonds is 4. The number of hydrogen-bond donors (Lipinski definition) is 1. The summed E-state index contributed by atoms with van der Waals surface area (Å²) in [4.78, 5) is 0. The van der Waals surface area contributed by atoms with Gasteiger partial charge < -0.3 is 9.73 Å². The molecule has 0 bridgehead atoms. The van der Waals surface area contributed by atoms with Crippen LogP contribution in [0.5, 0.6) is 0 Å². The quantitative estimate of drug-likeness (QED) is 0.729. The first-order valence-electron chi connectivity index (χ1n) is 5.73. The Bertz CT molecular complexity index is 691. The van der Waals surface area contributed by atoms with Crippen molar-refractivity contribution in [2.24, 2.45) is 0 Å². The molecular formula is C12H9Br2N5O. The molecule has 0 aliphatic rings. The average molecular weight is 399 g/mol. The van der Waals surface area contributed by atoms with Gasteiger partial charge in [0.15, 0.2) is 4.67 Å². The normalized spacial score (nSPS) is 10.7. The minimum Gasteiger partial charge on any atom is -0.451 e.